The molecule has 2 rings (SSSR count). The van der Waals surface area contributed by atoms with Crippen LogP contribution in [0.3, 0.4) is 0 Å². The van der Waals surface area contributed by atoms with Crippen LogP contribution in [0.5, 0.6) is 0 Å². The summed E-state index contributed by atoms with van der Waals surface area (Å²) in [5.74, 6) is 0. The molecule has 0 aliphatic heterocycles. The summed E-state index contributed by atoms with van der Waals surface area (Å²) in [6, 6.07) is 6.54. The van der Waals surface area contributed by atoms with Crippen molar-refractivity contribution in [2.75, 3.05) is 6.26 Å². The van der Waals surface area contributed by atoms with Crippen molar-refractivity contribution in [3.8, 4) is 0 Å². The number of thioether (sulfide) groups is 1. The smallest absolute Gasteiger partial charge is 0.0799 e. The predicted molar refractivity (Wildman–Crippen MR) is 73.6 cm³/mol. The fourth-order valence-electron chi connectivity index (χ4n) is 1.16. The molecular formula is C9H7IS3. The zero-order chi connectivity index (χ0) is 9.42. The van der Waals surface area contributed by atoms with E-state index in [4.69, 9.17) is 0 Å². The zero-order valence-electron chi connectivity index (χ0n) is 6.87. The van der Waals surface area contributed by atoms with Gasteiger partial charge in [0.2, 0.25) is 0 Å². The van der Waals surface area contributed by atoms with Crippen molar-refractivity contribution in [1.82, 2.24) is 0 Å². The lowest BCUT2D eigenvalue weighted by Crippen LogP contribution is -1.69. The molecule has 0 bridgehead atoms. The van der Waals surface area contributed by atoms with E-state index < -0.39 is 0 Å². The maximum atomic E-state index is 4.49. The topological polar surface area (TPSA) is 0 Å². The van der Waals surface area contributed by atoms with Crippen molar-refractivity contribution in [1.29, 1.82) is 0 Å². The Morgan fingerprint density at radius 2 is 2.23 bits per heavy atom. The van der Waals surface area contributed by atoms with Gasteiger partial charge in [0.05, 0.1) is 2.88 Å². The number of hydrogen-bond acceptors (Lipinski definition) is 3. The molecule has 68 valence electrons. The molecule has 1 heterocycles. The Hall–Kier alpha value is 0.610. The van der Waals surface area contributed by atoms with E-state index in [-0.39, 0.29) is 0 Å². The van der Waals surface area contributed by atoms with E-state index >= 15 is 0 Å². The van der Waals surface area contributed by atoms with Crippen LogP contribution in [0.1, 0.15) is 0 Å². The molecule has 4 heteroatoms. The normalized spacial score (nSPS) is 11.0. The monoisotopic (exact) mass is 338 g/mol. The Kier molecular flexibility index (Phi) is 3.12. The van der Waals surface area contributed by atoms with Crippen LogP contribution in [0.15, 0.2) is 28.0 Å². The number of rotatable bonds is 1. The minimum Gasteiger partial charge on any atom is -0.141 e. The Morgan fingerprint density at radius 3 is 2.92 bits per heavy atom. The minimum absolute atomic E-state index is 1.12. The van der Waals surface area contributed by atoms with Crippen molar-refractivity contribution in [2.24, 2.45) is 0 Å². The summed E-state index contributed by atoms with van der Waals surface area (Å²) >= 11 is 10.4. The Bertz CT molecular complexity index is 447. The van der Waals surface area contributed by atoms with Gasteiger partial charge in [-0.25, -0.2) is 0 Å². The van der Waals surface area contributed by atoms with Crippen LogP contribution < -0.4 is 0 Å². The summed E-state index contributed by atoms with van der Waals surface area (Å²) < 4.78 is 2.60. The van der Waals surface area contributed by atoms with Crippen LogP contribution >= 0.6 is 58.3 Å². The Balaban J connectivity index is 2.75. The summed E-state index contributed by atoms with van der Waals surface area (Å²) in [6.45, 7) is 0. The average Bonchev–Trinajstić information content (AvgIpc) is 2.43. The van der Waals surface area contributed by atoms with Gasteiger partial charge in [0, 0.05) is 19.9 Å². The van der Waals surface area contributed by atoms with Crippen molar-refractivity contribution in [3.05, 3.63) is 21.1 Å². The van der Waals surface area contributed by atoms with Crippen molar-refractivity contribution >= 4 is 68.4 Å². The van der Waals surface area contributed by atoms with Crippen LogP contribution in [0.25, 0.3) is 10.1 Å². The molecule has 0 unspecified atom stereocenters. The van der Waals surface area contributed by atoms with E-state index in [2.05, 4.69) is 59.7 Å². The number of fused-ring (bicyclic) bond motifs is 1. The fourth-order valence-corrected chi connectivity index (χ4v) is 3.81. The second kappa shape index (κ2) is 4.00. The first-order valence-corrected chi connectivity index (χ1v) is 7.24. The molecule has 0 saturated heterocycles. The maximum Gasteiger partial charge on any atom is 0.0799 e. The van der Waals surface area contributed by atoms with Gasteiger partial charge >= 0.3 is 0 Å². The Labute approximate surface area is 105 Å². The van der Waals surface area contributed by atoms with Gasteiger partial charge in [0.25, 0.3) is 0 Å². The van der Waals surface area contributed by atoms with E-state index in [0.29, 0.717) is 0 Å². The first-order valence-electron chi connectivity index (χ1n) is 3.67. The highest BCUT2D eigenvalue weighted by atomic mass is 127. The summed E-state index contributed by atoms with van der Waals surface area (Å²) in [6.07, 6.45) is 2.09. The van der Waals surface area contributed by atoms with E-state index in [1.54, 1.807) is 23.1 Å². The lowest BCUT2D eigenvalue weighted by atomic mass is 10.3. The fraction of sp³-hybridized carbons (Fsp3) is 0.111. The average molecular weight is 338 g/mol. The molecule has 0 spiro atoms. The van der Waals surface area contributed by atoms with Gasteiger partial charge in [-0.15, -0.1) is 35.7 Å². The number of halogens is 1. The second-order valence-electron chi connectivity index (χ2n) is 2.59. The van der Waals surface area contributed by atoms with Crippen molar-refractivity contribution < 1.29 is 0 Å². The van der Waals surface area contributed by atoms with Gasteiger partial charge in [0.15, 0.2) is 0 Å². The molecule has 0 radical (unpaired) electrons. The van der Waals surface area contributed by atoms with Crippen molar-refractivity contribution in [3.63, 3.8) is 0 Å². The number of hydrogen-bond donors (Lipinski definition) is 1. The van der Waals surface area contributed by atoms with Crippen LogP contribution in [0.2, 0.25) is 0 Å². The molecule has 0 atom stereocenters. The second-order valence-corrected chi connectivity index (χ2v) is 6.78. The van der Waals surface area contributed by atoms with E-state index in [9.17, 15) is 0 Å². The van der Waals surface area contributed by atoms with Gasteiger partial charge < -0.3 is 0 Å². The standard InChI is InChI=1S/C9H7IS3/c1-12-5-2-3-7-6(4-5)8(11)9(10)13-7/h2-4,11H,1H3. The highest BCUT2D eigenvalue weighted by molar-refractivity contribution is 14.1. The summed E-state index contributed by atoms with van der Waals surface area (Å²) in [5.41, 5.74) is 0. The van der Waals surface area contributed by atoms with E-state index in [1.807, 2.05) is 0 Å². The number of benzene rings is 1. The molecule has 0 saturated carbocycles. The molecule has 1 aromatic heterocycles. The molecular weight excluding hydrogens is 331 g/mol. The molecule has 0 fully saturated rings. The van der Waals surface area contributed by atoms with Gasteiger partial charge in [0.1, 0.15) is 0 Å². The van der Waals surface area contributed by atoms with Crippen LogP contribution in [-0.2, 0) is 0 Å². The molecule has 0 aliphatic rings. The molecule has 1 aromatic carbocycles. The third-order valence-electron chi connectivity index (χ3n) is 1.83. The summed E-state index contributed by atoms with van der Waals surface area (Å²) in [5, 5.41) is 1.28. The lowest BCUT2D eigenvalue weighted by molar-refractivity contribution is 1.49. The predicted octanol–water partition coefficient (Wildman–Crippen LogP) is 4.52. The number of thiol groups is 1. The van der Waals surface area contributed by atoms with Crippen LogP contribution in [0, 0.1) is 2.88 Å². The van der Waals surface area contributed by atoms with Gasteiger partial charge in [-0.3, -0.25) is 0 Å². The Morgan fingerprint density at radius 1 is 1.46 bits per heavy atom. The van der Waals surface area contributed by atoms with Gasteiger partial charge in [-0.05, 0) is 47.0 Å². The molecule has 0 nitrogen and oxygen atoms in total. The largest absolute Gasteiger partial charge is 0.141 e. The minimum atomic E-state index is 1.12. The SMILES string of the molecule is CSc1ccc2sc(I)c(S)c2c1. The summed E-state index contributed by atoms with van der Waals surface area (Å²) in [7, 11) is 0. The third-order valence-corrected chi connectivity index (χ3v) is 5.75. The molecule has 2 aromatic rings. The van der Waals surface area contributed by atoms with Gasteiger partial charge in [-0.1, -0.05) is 0 Å². The molecule has 13 heavy (non-hydrogen) atoms. The van der Waals surface area contributed by atoms with Crippen LogP contribution in [-0.4, -0.2) is 6.26 Å². The van der Waals surface area contributed by atoms with Crippen molar-refractivity contribution in [2.45, 2.75) is 9.79 Å². The maximum absolute atomic E-state index is 4.49. The van der Waals surface area contributed by atoms with Crippen LogP contribution in [0.4, 0.5) is 0 Å². The van der Waals surface area contributed by atoms with E-state index in [1.165, 1.54) is 17.9 Å². The molecule has 0 N–H and O–H groups in total. The molecule has 0 aliphatic carbocycles. The lowest BCUT2D eigenvalue weighted by Gasteiger charge is -1.95. The zero-order valence-corrected chi connectivity index (χ0v) is 11.6. The number of thiophene rings is 1. The third kappa shape index (κ3) is 1.86. The highest BCUT2D eigenvalue weighted by Gasteiger charge is 2.06. The molecule has 0 amide bonds. The highest BCUT2D eigenvalue weighted by Crippen LogP contribution is 2.36. The summed E-state index contributed by atoms with van der Waals surface area (Å²) in [4.78, 5) is 2.42. The first kappa shape index (κ1) is 10.1. The van der Waals surface area contributed by atoms with Gasteiger partial charge in [-0.2, -0.15) is 0 Å². The first-order chi connectivity index (χ1) is 6.22. The quantitative estimate of drug-likeness (QED) is 0.453. The van der Waals surface area contributed by atoms with E-state index in [0.717, 1.165) is 4.90 Å².